The summed E-state index contributed by atoms with van der Waals surface area (Å²) in [6.07, 6.45) is 0.390. The van der Waals surface area contributed by atoms with Gasteiger partial charge in [-0.2, -0.15) is 0 Å². The molecule has 0 N–H and O–H groups in total. The van der Waals surface area contributed by atoms with Crippen LogP contribution in [0.25, 0.3) is 0 Å². The maximum absolute atomic E-state index is 11.8. The number of likely N-dealkylation sites (N-methyl/N-ethyl adjacent to an activating group) is 1. The van der Waals surface area contributed by atoms with E-state index in [9.17, 15) is 4.79 Å². The number of carbonyl (C=O) groups excluding carboxylic acids is 1. The van der Waals surface area contributed by atoms with Gasteiger partial charge in [0.15, 0.2) is 0 Å². The third-order valence-corrected chi connectivity index (χ3v) is 4.04. The second-order valence-corrected chi connectivity index (χ2v) is 5.50. The van der Waals surface area contributed by atoms with Crippen molar-refractivity contribution in [2.45, 2.75) is 19.4 Å². The number of rotatable bonds is 5. The number of thiazole rings is 1. The number of aromatic nitrogens is 1. The molecular formula is C13H21N3O2S. The molecule has 1 aliphatic heterocycles. The average molecular weight is 283 g/mol. The van der Waals surface area contributed by atoms with Gasteiger partial charge in [0.05, 0.1) is 30.3 Å². The second-order valence-electron chi connectivity index (χ2n) is 4.78. The lowest BCUT2D eigenvalue weighted by molar-refractivity contribution is -0.144. The molecule has 19 heavy (non-hydrogen) atoms. The van der Waals surface area contributed by atoms with Gasteiger partial charge in [-0.15, -0.1) is 11.3 Å². The number of nitrogens with zero attached hydrogens (tertiary/aromatic N) is 3. The Hall–Kier alpha value is -0.980. The van der Waals surface area contributed by atoms with Crippen LogP contribution in [0.15, 0.2) is 10.9 Å². The van der Waals surface area contributed by atoms with Crippen molar-refractivity contribution in [2.24, 2.45) is 0 Å². The fourth-order valence-electron chi connectivity index (χ4n) is 2.32. The summed E-state index contributed by atoms with van der Waals surface area (Å²) in [6.45, 7) is 6.28. The van der Waals surface area contributed by atoms with E-state index in [1.165, 1.54) is 0 Å². The maximum Gasteiger partial charge on any atom is 0.307 e. The molecule has 1 aliphatic rings. The van der Waals surface area contributed by atoms with E-state index in [2.05, 4.69) is 21.8 Å². The van der Waals surface area contributed by atoms with Gasteiger partial charge in [0, 0.05) is 31.6 Å². The van der Waals surface area contributed by atoms with Crippen molar-refractivity contribution in [1.82, 2.24) is 14.8 Å². The van der Waals surface area contributed by atoms with E-state index < -0.39 is 0 Å². The van der Waals surface area contributed by atoms with Gasteiger partial charge in [0.25, 0.3) is 0 Å². The molecule has 0 spiro atoms. The number of carbonyl (C=O) groups is 1. The SMILES string of the molecule is CCOC(=O)CC(c1cscn1)N1CCN(C)CC1. The summed E-state index contributed by atoms with van der Waals surface area (Å²) in [6, 6.07) is 0.0546. The Morgan fingerprint density at radius 3 is 2.79 bits per heavy atom. The summed E-state index contributed by atoms with van der Waals surface area (Å²) in [4.78, 5) is 20.8. The molecule has 0 aliphatic carbocycles. The second kappa shape index (κ2) is 6.98. The van der Waals surface area contributed by atoms with Crippen LogP contribution in [0, 0.1) is 0 Å². The van der Waals surface area contributed by atoms with Crippen molar-refractivity contribution in [3.63, 3.8) is 0 Å². The van der Waals surface area contributed by atoms with Crippen LogP contribution in [-0.2, 0) is 9.53 Å². The largest absolute Gasteiger partial charge is 0.466 e. The Morgan fingerprint density at radius 2 is 2.21 bits per heavy atom. The molecule has 1 fully saturated rings. The number of piperazine rings is 1. The third kappa shape index (κ3) is 3.99. The Morgan fingerprint density at radius 1 is 1.47 bits per heavy atom. The molecule has 0 radical (unpaired) electrons. The van der Waals surface area contributed by atoms with Gasteiger partial charge in [-0.25, -0.2) is 4.98 Å². The molecule has 0 aromatic carbocycles. The zero-order valence-corrected chi connectivity index (χ0v) is 12.4. The molecule has 0 bridgehead atoms. The lowest BCUT2D eigenvalue weighted by Gasteiger charge is -2.37. The Labute approximate surface area is 118 Å². The zero-order chi connectivity index (χ0) is 13.7. The molecule has 2 rings (SSSR count). The monoisotopic (exact) mass is 283 g/mol. The van der Waals surface area contributed by atoms with E-state index in [4.69, 9.17) is 4.74 Å². The van der Waals surface area contributed by atoms with Gasteiger partial charge in [-0.05, 0) is 14.0 Å². The van der Waals surface area contributed by atoms with Gasteiger partial charge in [-0.1, -0.05) is 0 Å². The molecule has 5 nitrogen and oxygen atoms in total. The molecular weight excluding hydrogens is 262 g/mol. The summed E-state index contributed by atoms with van der Waals surface area (Å²) in [5.74, 6) is -0.139. The smallest absolute Gasteiger partial charge is 0.307 e. The number of hydrogen-bond donors (Lipinski definition) is 0. The lowest BCUT2D eigenvalue weighted by atomic mass is 10.1. The summed E-state index contributed by atoms with van der Waals surface area (Å²) in [7, 11) is 2.13. The highest BCUT2D eigenvalue weighted by atomic mass is 32.1. The van der Waals surface area contributed by atoms with E-state index in [0.29, 0.717) is 13.0 Å². The molecule has 1 aromatic rings. The first kappa shape index (κ1) is 14.4. The van der Waals surface area contributed by atoms with Crippen molar-refractivity contribution in [2.75, 3.05) is 39.8 Å². The topological polar surface area (TPSA) is 45.7 Å². The van der Waals surface area contributed by atoms with E-state index in [1.807, 2.05) is 17.8 Å². The first-order valence-corrected chi connectivity index (χ1v) is 7.61. The molecule has 2 heterocycles. The first-order valence-electron chi connectivity index (χ1n) is 6.67. The standard InChI is InChI=1S/C13H21N3O2S/c1-3-18-13(17)8-12(11-9-19-10-14-11)16-6-4-15(2)5-7-16/h9-10,12H,3-8H2,1-2H3. The summed E-state index contributed by atoms with van der Waals surface area (Å²) < 4.78 is 5.08. The maximum atomic E-state index is 11.8. The minimum absolute atomic E-state index is 0.0546. The van der Waals surface area contributed by atoms with Crippen LogP contribution >= 0.6 is 11.3 Å². The molecule has 0 amide bonds. The van der Waals surface area contributed by atoms with Gasteiger partial charge in [-0.3, -0.25) is 9.69 Å². The average Bonchev–Trinajstić information content (AvgIpc) is 2.91. The normalized spacial score (nSPS) is 19.3. The van der Waals surface area contributed by atoms with Crippen molar-refractivity contribution in [3.8, 4) is 0 Å². The lowest BCUT2D eigenvalue weighted by Crippen LogP contribution is -2.46. The van der Waals surface area contributed by atoms with E-state index in [1.54, 1.807) is 11.3 Å². The fourth-order valence-corrected chi connectivity index (χ4v) is 2.92. The zero-order valence-electron chi connectivity index (χ0n) is 11.5. The van der Waals surface area contributed by atoms with Crippen molar-refractivity contribution >= 4 is 17.3 Å². The van der Waals surface area contributed by atoms with Crippen molar-refractivity contribution < 1.29 is 9.53 Å². The first-order chi connectivity index (χ1) is 9.20. The minimum atomic E-state index is -0.139. The van der Waals surface area contributed by atoms with Gasteiger partial charge in [0.2, 0.25) is 0 Å². The molecule has 106 valence electrons. The van der Waals surface area contributed by atoms with Crippen LogP contribution < -0.4 is 0 Å². The Balaban J connectivity index is 2.04. The molecule has 0 saturated carbocycles. The predicted molar refractivity (Wildman–Crippen MR) is 75.2 cm³/mol. The van der Waals surface area contributed by atoms with E-state index in [-0.39, 0.29) is 12.0 Å². The van der Waals surface area contributed by atoms with E-state index in [0.717, 1.165) is 31.9 Å². The number of hydrogen-bond acceptors (Lipinski definition) is 6. The van der Waals surface area contributed by atoms with Crippen LogP contribution in [0.4, 0.5) is 0 Å². The molecule has 1 atom stereocenters. The van der Waals surface area contributed by atoms with Crippen LogP contribution in [-0.4, -0.2) is 60.6 Å². The Kier molecular flexibility index (Phi) is 5.30. The van der Waals surface area contributed by atoms with Gasteiger partial charge >= 0.3 is 5.97 Å². The number of ether oxygens (including phenoxy) is 1. The van der Waals surface area contributed by atoms with Crippen LogP contribution in [0.2, 0.25) is 0 Å². The van der Waals surface area contributed by atoms with Crippen LogP contribution in [0.3, 0.4) is 0 Å². The molecule has 6 heteroatoms. The third-order valence-electron chi connectivity index (χ3n) is 3.44. The molecule has 1 unspecified atom stereocenters. The molecule has 1 saturated heterocycles. The van der Waals surface area contributed by atoms with Crippen molar-refractivity contribution in [1.29, 1.82) is 0 Å². The van der Waals surface area contributed by atoms with Gasteiger partial charge < -0.3 is 9.64 Å². The Bertz CT molecular complexity index is 389. The highest BCUT2D eigenvalue weighted by Gasteiger charge is 2.27. The highest BCUT2D eigenvalue weighted by molar-refractivity contribution is 7.07. The number of esters is 1. The summed E-state index contributed by atoms with van der Waals surface area (Å²) >= 11 is 1.57. The predicted octanol–water partition coefficient (Wildman–Crippen LogP) is 1.38. The van der Waals surface area contributed by atoms with Gasteiger partial charge in [0.1, 0.15) is 0 Å². The van der Waals surface area contributed by atoms with Crippen molar-refractivity contribution in [3.05, 3.63) is 16.6 Å². The highest BCUT2D eigenvalue weighted by Crippen LogP contribution is 2.25. The van der Waals surface area contributed by atoms with Crippen LogP contribution in [0.5, 0.6) is 0 Å². The van der Waals surface area contributed by atoms with Crippen LogP contribution in [0.1, 0.15) is 25.1 Å². The summed E-state index contributed by atoms with van der Waals surface area (Å²) in [5, 5.41) is 2.03. The fraction of sp³-hybridized carbons (Fsp3) is 0.692. The summed E-state index contributed by atoms with van der Waals surface area (Å²) in [5.41, 5.74) is 2.81. The quantitative estimate of drug-likeness (QED) is 0.764. The molecule has 1 aromatic heterocycles. The van der Waals surface area contributed by atoms with E-state index >= 15 is 0 Å². The minimum Gasteiger partial charge on any atom is -0.466 e.